The maximum absolute atomic E-state index is 14.7. The molecule has 1 aliphatic heterocycles. The number of rotatable bonds is 8. The van der Waals surface area contributed by atoms with Crippen molar-refractivity contribution in [1.29, 1.82) is 0 Å². The number of allylic oxidation sites excluding steroid dienone is 1. The molecule has 0 aliphatic carbocycles. The summed E-state index contributed by atoms with van der Waals surface area (Å²) in [5.41, 5.74) is 2.34. The molecule has 1 atom stereocenters. The summed E-state index contributed by atoms with van der Waals surface area (Å²) >= 11 is 0. The van der Waals surface area contributed by atoms with Gasteiger partial charge in [-0.15, -0.1) is 0 Å². The fraction of sp³-hybridized carbons (Fsp3) is 0.308. The van der Waals surface area contributed by atoms with Crippen molar-refractivity contribution in [3.63, 3.8) is 0 Å². The smallest absolute Gasteiger partial charge is 0.134 e. The lowest BCUT2D eigenvalue weighted by atomic mass is 10.1. The van der Waals surface area contributed by atoms with E-state index in [1.807, 2.05) is 24.3 Å². The Hall–Kier alpha value is -3.52. The van der Waals surface area contributed by atoms with E-state index in [1.165, 1.54) is 18.2 Å². The lowest BCUT2D eigenvalue weighted by molar-refractivity contribution is 0.136. The molecular formula is C26H27F2N3O3. The molecule has 2 aromatic carbocycles. The van der Waals surface area contributed by atoms with Gasteiger partial charge in [0.05, 0.1) is 36.2 Å². The zero-order valence-corrected chi connectivity index (χ0v) is 19.2. The Bertz CT molecular complexity index is 1250. The van der Waals surface area contributed by atoms with E-state index in [-0.39, 0.29) is 29.7 Å². The second kappa shape index (κ2) is 10.2. The fourth-order valence-electron chi connectivity index (χ4n) is 4.07. The highest BCUT2D eigenvalue weighted by molar-refractivity contribution is 6.08. The van der Waals surface area contributed by atoms with Crippen molar-refractivity contribution in [1.82, 2.24) is 9.78 Å². The molecule has 0 saturated carbocycles. The highest BCUT2D eigenvalue weighted by atomic mass is 19.1. The second-order valence-electron chi connectivity index (χ2n) is 8.08. The molecule has 0 spiro atoms. The van der Waals surface area contributed by atoms with Gasteiger partial charge < -0.3 is 14.6 Å². The Labute approximate surface area is 196 Å². The Balaban J connectivity index is 1.74. The van der Waals surface area contributed by atoms with E-state index in [4.69, 9.17) is 14.5 Å². The van der Waals surface area contributed by atoms with Crippen LogP contribution in [-0.4, -0.2) is 39.9 Å². The molecule has 0 radical (unpaired) electrons. The minimum atomic E-state index is -0.694. The van der Waals surface area contributed by atoms with Crippen LogP contribution in [0.1, 0.15) is 37.9 Å². The van der Waals surface area contributed by atoms with E-state index >= 15 is 0 Å². The van der Waals surface area contributed by atoms with Crippen molar-refractivity contribution in [2.24, 2.45) is 4.99 Å². The number of hydrogen-bond acceptors (Lipinski definition) is 5. The number of ether oxygens (including phenoxy) is 2. The van der Waals surface area contributed by atoms with E-state index in [2.05, 4.69) is 11.7 Å². The monoisotopic (exact) mass is 467 g/mol. The van der Waals surface area contributed by atoms with E-state index in [0.717, 1.165) is 18.2 Å². The molecule has 1 aliphatic rings. The van der Waals surface area contributed by atoms with Crippen LogP contribution in [0, 0.1) is 11.6 Å². The lowest BCUT2D eigenvalue weighted by Crippen LogP contribution is -2.11. The van der Waals surface area contributed by atoms with Crippen molar-refractivity contribution in [3.05, 3.63) is 83.4 Å². The first-order valence-corrected chi connectivity index (χ1v) is 11.2. The third-order valence-electron chi connectivity index (χ3n) is 5.60. The number of aromatic nitrogens is 2. The highest BCUT2D eigenvalue weighted by Crippen LogP contribution is 2.27. The first kappa shape index (κ1) is 23.6. The standard InChI is InChI=1S/C26H27F2N3O3/c1-4-33-18-13-21(27)20(22(28)14-18)15-31-24-9-6-5-8-19(24)26(30-31)17(3)29-23(12-16(2)32)25-10-7-11-34-25/h5-6,8-9,12-14,25,32H,2,4,7,10-11,15H2,1,3H3/b23-12-,29-17?. The van der Waals surface area contributed by atoms with Crippen molar-refractivity contribution in [2.75, 3.05) is 13.2 Å². The molecule has 8 heteroatoms. The first-order valence-electron chi connectivity index (χ1n) is 11.2. The van der Waals surface area contributed by atoms with Gasteiger partial charge in [-0.25, -0.2) is 8.78 Å². The van der Waals surface area contributed by atoms with Crippen LogP contribution in [0.3, 0.4) is 0 Å². The minimum absolute atomic E-state index is 0.0975. The highest BCUT2D eigenvalue weighted by Gasteiger charge is 2.22. The van der Waals surface area contributed by atoms with Crippen LogP contribution in [0.15, 0.2) is 65.5 Å². The number of aliphatic hydroxyl groups excluding tert-OH is 1. The number of nitrogens with zero attached hydrogens (tertiary/aromatic N) is 3. The summed E-state index contributed by atoms with van der Waals surface area (Å²) in [6.45, 7) is 7.94. The van der Waals surface area contributed by atoms with Crippen LogP contribution < -0.4 is 4.74 Å². The molecule has 6 nitrogen and oxygen atoms in total. The molecule has 4 rings (SSSR count). The molecule has 0 amide bonds. The Morgan fingerprint density at radius 3 is 2.71 bits per heavy atom. The van der Waals surface area contributed by atoms with Crippen LogP contribution in [0.5, 0.6) is 5.75 Å². The van der Waals surface area contributed by atoms with Gasteiger partial charge in [0.25, 0.3) is 0 Å². The number of para-hydroxylation sites is 1. The van der Waals surface area contributed by atoms with Crippen molar-refractivity contribution in [3.8, 4) is 5.75 Å². The minimum Gasteiger partial charge on any atom is -0.509 e. The van der Waals surface area contributed by atoms with Crippen LogP contribution in [0.4, 0.5) is 8.78 Å². The van der Waals surface area contributed by atoms with Crippen LogP contribution in [0.2, 0.25) is 0 Å². The lowest BCUT2D eigenvalue weighted by Gasteiger charge is -2.11. The molecule has 0 bridgehead atoms. The molecule has 3 aromatic rings. The summed E-state index contributed by atoms with van der Waals surface area (Å²) in [7, 11) is 0. The fourth-order valence-corrected chi connectivity index (χ4v) is 4.07. The Kier molecular flexibility index (Phi) is 7.07. The quantitative estimate of drug-likeness (QED) is 0.262. The largest absolute Gasteiger partial charge is 0.509 e. The van der Waals surface area contributed by atoms with Crippen molar-refractivity contribution >= 4 is 16.6 Å². The van der Waals surface area contributed by atoms with E-state index in [1.54, 1.807) is 18.5 Å². The summed E-state index contributed by atoms with van der Waals surface area (Å²) in [6, 6.07) is 9.81. The predicted molar refractivity (Wildman–Crippen MR) is 127 cm³/mol. The molecule has 1 N–H and O–H groups in total. The molecule has 1 saturated heterocycles. The van der Waals surface area contributed by atoms with Gasteiger partial charge >= 0.3 is 0 Å². The van der Waals surface area contributed by atoms with E-state index < -0.39 is 11.6 Å². The topological polar surface area (TPSA) is 68.9 Å². The zero-order chi connectivity index (χ0) is 24.2. The average molecular weight is 468 g/mol. The van der Waals surface area contributed by atoms with Crippen LogP contribution in [0.25, 0.3) is 10.9 Å². The average Bonchev–Trinajstić information content (AvgIpc) is 3.44. The molecule has 1 fully saturated rings. The number of halogens is 2. The molecule has 178 valence electrons. The van der Waals surface area contributed by atoms with E-state index in [0.29, 0.717) is 35.8 Å². The van der Waals surface area contributed by atoms with Crippen molar-refractivity contribution < 1.29 is 23.4 Å². The summed E-state index contributed by atoms with van der Waals surface area (Å²) < 4.78 is 41.9. The molecule has 2 heterocycles. The second-order valence-corrected chi connectivity index (χ2v) is 8.08. The third-order valence-corrected chi connectivity index (χ3v) is 5.60. The Morgan fingerprint density at radius 2 is 2.06 bits per heavy atom. The summed E-state index contributed by atoms with van der Waals surface area (Å²) in [5.74, 6) is -1.35. The van der Waals surface area contributed by atoms with Gasteiger partial charge in [-0.3, -0.25) is 9.67 Å². The zero-order valence-electron chi connectivity index (χ0n) is 19.2. The van der Waals surface area contributed by atoms with Gasteiger partial charge in [0.15, 0.2) is 0 Å². The number of benzene rings is 2. The SMILES string of the molecule is C=C(O)/C=C(\N=C(C)c1nn(Cc2c(F)cc(OCC)cc2F)c2ccccc12)C1CCCO1. The molecular weight excluding hydrogens is 440 g/mol. The number of aliphatic hydroxyl groups is 1. The molecule has 1 aromatic heterocycles. The summed E-state index contributed by atoms with van der Waals surface area (Å²) in [4.78, 5) is 4.70. The van der Waals surface area contributed by atoms with Crippen LogP contribution >= 0.6 is 0 Å². The Morgan fingerprint density at radius 1 is 1.32 bits per heavy atom. The summed E-state index contributed by atoms with van der Waals surface area (Å²) in [5, 5.41) is 15.2. The normalized spacial score (nSPS) is 16.9. The van der Waals surface area contributed by atoms with Gasteiger partial charge in [-0.1, -0.05) is 24.8 Å². The summed E-state index contributed by atoms with van der Waals surface area (Å²) in [6.07, 6.45) is 2.95. The van der Waals surface area contributed by atoms with Gasteiger partial charge in [0.2, 0.25) is 0 Å². The van der Waals surface area contributed by atoms with Gasteiger partial charge in [-0.2, -0.15) is 5.10 Å². The maximum atomic E-state index is 14.7. The third kappa shape index (κ3) is 5.02. The number of fused-ring (bicyclic) bond motifs is 1. The van der Waals surface area contributed by atoms with Gasteiger partial charge in [0.1, 0.15) is 28.8 Å². The van der Waals surface area contributed by atoms with Crippen molar-refractivity contribution in [2.45, 2.75) is 39.3 Å². The van der Waals surface area contributed by atoms with Crippen LogP contribution in [-0.2, 0) is 11.3 Å². The predicted octanol–water partition coefficient (Wildman–Crippen LogP) is 5.71. The molecule has 34 heavy (non-hydrogen) atoms. The molecule has 1 unspecified atom stereocenters. The van der Waals surface area contributed by atoms with Gasteiger partial charge in [-0.05, 0) is 32.8 Å². The number of hydrogen-bond donors (Lipinski definition) is 1. The van der Waals surface area contributed by atoms with Gasteiger partial charge in [0, 0.05) is 35.8 Å². The first-order chi connectivity index (χ1) is 16.4. The maximum Gasteiger partial charge on any atom is 0.134 e. The number of aliphatic imine (C=N–C) groups is 1. The van der Waals surface area contributed by atoms with E-state index in [9.17, 15) is 13.9 Å².